The van der Waals surface area contributed by atoms with Gasteiger partial charge in [-0.15, -0.1) is 0 Å². The number of carbonyl (C=O) groups is 1. The zero-order valence-corrected chi connectivity index (χ0v) is 10.00. The smallest absolute Gasteiger partial charge is 0.227 e. The molecule has 1 saturated carbocycles. The number of nitrogen functional groups attached to an aromatic ring is 1. The molecule has 1 aliphatic carbocycles. The van der Waals surface area contributed by atoms with Gasteiger partial charge in [-0.05, 0) is 37.0 Å². The monoisotopic (exact) mass is 238 g/mol. The van der Waals surface area contributed by atoms with Gasteiger partial charge in [-0.1, -0.05) is 11.6 Å². The molecule has 2 N–H and O–H groups in total. The minimum absolute atomic E-state index is 0.108. The van der Waals surface area contributed by atoms with E-state index >= 15 is 0 Å². The second-order valence-electron chi connectivity index (χ2n) is 4.30. The fourth-order valence-electron chi connectivity index (χ4n) is 1.65. The molecule has 1 amide bonds. The highest BCUT2D eigenvalue weighted by atomic mass is 35.5. The molecular formula is C12H15ClN2O. The molecule has 1 aliphatic rings. The van der Waals surface area contributed by atoms with E-state index in [2.05, 4.69) is 0 Å². The van der Waals surface area contributed by atoms with Crippen LogP contribution in [0, 0.1) is 5.92 Å². The zero-order valence-electron chi connectivity index (χ0n) is 9.24. The molecule has 4 heteroatoms. The molecule has 86 valence electrons. The average molecular weight is 239 g/mol. The summed E-state index contributed by atoms with van der Waals surface area (Å²) in [5.74, 6) is 0.687. The molecule has 0 radical (unpaired) electrons. The van der Waals surface area contributed by atoms with Crippen molar-refractivity contribution < 1.29 is 4.79 Å². The van der Waals surface area contributed by atoms with Crippen LogP contribution < -0.4 is 10.6 Å². The van der Waals surface area contributed by atoms with Gasteiger partial charge in [-0.25, -0.2) is 0 Å². The maximum absolute atomic E-state index is 11.9. The first-order valence-electron chi connectivity index (χ1n) is 5.39. The Morgan fingerprint density at radius 1 is 1.56 bits per heavy atom. The van der Waals surface area contributed by atoms with Crippen molar-refractivity contribution in [2.75, 3.05) is 17.7 Å². The van der Waals surface area contributed by atoms with Crippen LogP contribution >= 0.6 is 11.6 Å². The highest BCUT2D eigenvalue weighted by Gasteiger charge is 2.26. The predicted octanol–water partition coefficient (Wildman–Crippen LogP) is 2.69. The molecule has 0 bridgehead atoms. The molecule has 1 aromatic carbocycles. The van der Waals surface area contributed by atoms with Crippen LogP contribution in [0.1, 0.15) is 19.3 Å². The second kappa shape index (κ2) is 4.34. The Hall–Kier alpha value is -1.22. The van der Waals surface area contributed by atoms with Crippen molar-refractivity contribution in [2.24, 2.45) is 5.92 Å². The summed E-state index contributed by atoms with van der Waals surface area (Å²) in [5.41, 5.74) is 7.09. The summed E-state index contributed by atoms with van der Waals surface area (Å²) < 4.78 is 0. The molecule has 1 fully saturated rings. The van der Waals surface area contributed by atoms with E-state index in [9.17, 15) is 4.79 Å². The van der Waals surface area contributed by atoms with Gasteiger partial charge in [0.15, 0.2) is 0 Å². The largest absolute Gasteiger partial charge is 0.397 e. The Kier molecular flexibility index (Phi) is 3.06. The molecule has 0 saturated heterocycles. The van der Waals surface area contributed by atoms with Crippen LogP contribution in [0.3, 0.4) is 0 Å². The van der Waals surface area contributed by atoms with Crippen molar-refractivity contribution in [1.82, 2.24) is 0 Å². The van der Waals surface area contributed by atoms with Gasteiger partial charge >= 0.3 is 0 Å². The standard InChI is InChI=1S/C12H15ClN2O/c1-15(12(16)6-8-2-3-8)11-7-9(13)4-5-10(11)14/h4-5,7-8H,2-3,6,14H2,1H3. The maximum Gasteiger partial charge on any atom is 0.227 e. The first-order valence-corrected chi connectivity index (χ1v) is 5.77. The Bertz CT molecular complexity index is 415. The maximum atomic E-state index is 11.9. The lowest BCUT2D eigenvalue weighted by atomic mass is 10.2. The van der Waals surface area contributed by atoms with Crippen LogP contribution in [0.15, 0.2) is 18.2 Å². The third-order valence-electron chi connectivity index (χ3n) is 2.89. The number of nitrogens with zero attached hydrogens (tertiary/aromatic N) is 1. The van der Waals surface area contributed by atoms with E-state index in [-0.39, 0.29) is 5.91 Å². The normalized spacial score (nSPS) is 14.9. The lowest BCUT2D eigenvalue weighted by molar-refractivity contribution is -0.118. The van der Waals surface area contributed by atoms with Crippen LogP contribution in [0.4, 0.5) is 11.4 Å². The fourth-order valence-corrected chi connectivity index (χ4v) is 1.81. The number of amides is 1. The SMILES string of the molecule is CN(C(=O)CC1CC1)c1cc(Cl)ccc1N. The number of halogens is 1. The third kappa shape index (κ3) is 2.47. The lowest BCUT2D eigenvalue weighted by Gasteiger charge is -2.19. The number of anilines is 2. The van der Waals surface area contributed by atoms with Crippen LogP contribution in [-0.4, -0.2) is 13.0 Å². The summed E-state index contributed by atoms with van der Waals surface area (Å²) in [7, 11) is 1.74. The molecule has 0 atom stereocenters. The van der Waals surface area contributed by atoms with Crippen LogP contribution in [0.2, 0.25) is 5.02 Å². The molecule has 0 aliphatic heterocycles. The van der Waals surface area contributed by atoms with Crippen molar-refractivity contribution in [3.05, 3.63) is 23.2 Å². The minimum Gasteiger partial charge on any atom is -0.397 e. The van der Waals surface area contributed by atoms with Gasteiger partial charge in [0.05, 0.1) is 11.4 Å². The Morgan fingerprint density at radius 3 is 2.88 bits per heavy atom. The fraction of sp³-hybridized carbons (Fsp3) is 0.417. The topological polar surface area (TPSA) is 46.3 Å². The van der Waals surface area contributed by atoms with Crippen molar-refractivity contribution in [2.45, 2.75) is 19.3 Å². The first kappa shape index (κ1) is 11.3. The van der Waals surface area contributed by atoms with Gasteiger partial charge < -0.3 is 10.6 Å². The quantitative estimate of drug-likeness (QED) is 0.823. The molecule has 16 heavy (non-hydrogen) atoms. The summed E-state index contributed by atoms with van der Waals surface area (Å²) in [6, 6.07) is 5.17. The van der Waals surface area contributed by atoms with Crippen LogP contribution in [-0.2, 0) is 4.79 Å². The molecule has 2 rings (SSSR count). The summed E-state index contributed by atoms with van der Waals surface area (Å²) in [4.78, 5) is 13.5. The molecule has 0 unspecified atom stereocenters. The number of hydrogen-bond acceptors (Lipinski definition) is 2. The van der Waals surface area contributed by atoms with Crippen molar-refractivity contribution in [1.29, 1.82) is 0 Å². The number of carbonyl (C=O) groups excluding carboxylic acids is 1. The Balaban J connectivity index is 2.14. The Labute approximate surface area is 100 Å². The van der Waals surface area contributed by atoms with Gasteiger partial charge in [0.25, 0.3) is 0 Å². The van der Waals surface area contributed by atoms with Crippen molar-refractivity contribution in [3.8, 4) is 0 Å². The van der Waals surface area contributed by atoms with Crippen molar-refractivity contribution in [3.63, 3.8) is 0 Å². The highest BCUT2D eigenvalue weighted by molar-refractivity contribution is 6.31. The summed E-state index contributed by atoms with van der Waals surface area (Å²) in [5, 5.41) is 0.593. The summed E-state index contributed by atoms with van der Waals surface area (Å²) in [6.07, 6.45) is 2.96. The number of hydrogen-bond donors (Lipinski definition) is 1. The van der Waals surface area contributed by atoms with Gasteiger partial charge in [0.2, 0.25) is 5.91 Å². The van der Waals surface area contributed by atoms with Crippen LogP contribution in [0.25, 0.3) is 0 Å². The van der Waals surface area contributed by atoms with E-state index in [1.807, 2.05) is 0 Å². The van der Waals surface area contributed by atoms with E-state index in [1.54, 1.807) is 30.1 Å². The molecule has 1 aromatic rings. The Morgan fingerprint density at radius 2 is 2.25 bits per heavy atom. The van der Waals surface area contributed by atoms with Gasteiger partial charge in [0, 0.05) is 18.5 Å². The van der Waals surface area contributed by atoms with Gasteiger partial charge in [-0.3, -0.25) is 4.79 Å². The van der Waals surface area contributed by atoms with E-state index < -0.39 is 0 Å². The molecule has 0 heterocycles. The van der Waals surface area contributed by atoms with E-state index in [4.69, 9.17) is 17.3 Å². The van der Waals surface area contributed by atoms with E-state index in [0.717, 1.165) is 0 Å². The van der Waals surface area contributed by atoms with E-state index in [0.29, 0.717) is 28.7 Å². The summed E-state index contributed by atoms with van der Waals surface area (Å²) >= 11 is 5.89. The van der Waals surface area contributed by atoms with E-state index in [1.165, 1.54) is 12.8 Å². The number of benzene rings is 1. The molecule has 3 nitrogen and oxygen atoms in total. The first-order chi connectivity index (χ1) is 7.58. The number of nitrogens with two attached hydrogens (primary N) is 1. The van der Waals surface area contributed by atoms with Gasteiger partial charge in [0.1, 0.15) is 0 Å². The average Bonchev–Trinajstić information content (AvgIpc) is 3.04. The molecule has 0 aromatic heterocycles. The van der Waals surface area contributed by atoms with Gasteiger partial charge in [-0.2, -0.15) is 0 Å². The highest BCUT2D eigenvalue weighted by Crippen LogP contribution is 2.34. The van der Waals surface area contributed by atoms with Crippen molar-refractivity contribution >= 4 is 28.9 Å². The lowest BCUT2D eigenvalue weighted by Crippen LogP contribution is -2.27. The zero-order chi connectivity index (χ0) is 11.7. The predicted molar refractivity (Wildman–Crippen MR) is 66.6 cm³/mol. The molecular weight excluding hydrogens is 224 g/mol. The summed E-state index contributed by atoms with van der Waals surface area (Å²) in [6.45, 7) is 0. The minimum atomic E-state index is 0.108. The molecule has 0 spiro atoms. The third-order valence-corrected chi connectivity index (χ3v) is 3.12. The number of rotatable bonds is 3. The van der Waals surface area contributed by atoms with Crippen LogP contribution in [0.5, 0.6) is 0 Å². The second-order valence-corrected chi connectivity index (χ2v) is 4.74.